The molecule has 1 aliphatic heterocycles. The van der Waals surface area contributed by atoms with Crippen molar-refractivity contribution in [3.63, 3.8) is 0 Å². The van der Waals surface area contributed by atoms with Crippen molar-refractivity contribution in [2.45, 2.75) is 18.4 Å². The van der Waals surface area contributed by atoms with Crippen LogP contribution in [0.3, 0.4) is 0 Å². The zero-order valence-electron chi connectivity index (χ0n) is 11.3. The molecule has 2 aromatic rings. The fraction of sp³-hybridized carbons (Fsp3) is 0.333. The monoisotopic (exact) mass is 322 g/mol. The molecule has 0 bridgehead atoms. The number of benzene rings is 1. The molecule has 2 heterocycles. The molecule has 0 saturated carbocycles. The molecule has 1 aromatic heterocycles. The number of ether oxygens (including phenoxy) is 1. The molecule has 0 amide bonds. The number of thiazole rings is 1. The first-order chi connectivity index (χ1) is 10.2. The number of halogens is 1. The SMILES string of the molecule is O=C(OC1(c2ccccc2)CCNCC1)c1csc(Cl)n1. The van der Waals surface area contributed by atoms with Gasteiger partial charge in [-0.25, -0.2) is 9.78 Å². The van der Waals surface area contributed by atoms with Crippen LogP contribution in [0, 0.1) is 0 Å². The molecular weight excluding hydrogens is 308 g/mol. The summed E-state index contributed by atoms with van der Waals surface area (Å²) >= 11 is 7.02. The first kappa shape index (κ1) is 14.5. The summed E-state index contributed by atoms with van der Waals surface area (Å²) in [6.07, 6.45) is 1.50. The van der Waals surface area contributed by atoms with Gasteiger partial charge in [-0.1, -0.05) is 41.9 Å². The highest BCUT2D eigenvalue weighted by Crippen LogP contribution is 2.35. The Bertz CT molecular complexity index is 624. The number of nitrogens with zero attached hydrogens (tertiary/aromatic N) is 1. The van der Waals surface area contributed by atoms with E-state index in [0.29, 0.717) is 4.47 Å². The van der Waals surface area contributed by atoms with Crippen molar-refractivity contribution in [1.82, 2.24) is 10.3 Å². The Balaban J connectivity index is 1.88. The minimum absolute atomic E-state index is 0.277. The second-order valence-electron chi connectivity index (χ2n) is 4.99. The number of piperidine rings is 1. The minimum atomic E-state index is -0.584. The van der Waals surface area contributed by atoms with E-state index in [1.54, 1.807) is 5.38 Å². The Hall–Kier alpha value is -1.43. The molecule has 0 aliphatic carbocycles. The van der Waals surface area contributed by atoms with Crippen molar-refractivity contribution in [3.8, 4) is 0 Å². The van der Waals surface area contributed by atoms with Gasteiger partial charge in [-0.2, -0.15) is 0 Å². The number of nitrogens with one attached hydrogen (secondary N) is 1. The quantitative estimate of drug-likeness (QED) is 0.881. The lowest BCUT2D eigenvalue weighted by atomic mass is 9.85. The molecule has 0 spiro atoms. The van der Waals surface area contributed by atoms with Crippen LogP contribution in [0.4, 0.5) is 0 Å². The molecule has 110 valence electrons. The van der Waals surface area contributed by atoms with Gasteiger partial charge in [0.05, 0.1) is 0 Å². The van der Waals surface area contributed by atoms with E-state index in [9.17, 15) is 4.79 Å². The fourth-order valence-corrected chi connectivity index (χ4v) is 3.33. The van der Waals surface area contributed by atoms with Crippen LogP contribution in [0.5, 0.6) is 0 Å². The van der Waals surface area contributed by atoms with E-state index in [1.807, 2.05) is 30.3 Å². The van der Waals surface area contributed by atoms with Gasteiger partial charge in [0.2, 0.25) is 0 Å². The topological polar surface area (TPSA) is 51.2 Å². The third kappa shape index (κ3) is 3.10. The fourth-order valence-electron chi connectivity index (χ4n) is 2.60. The Labute approximate surface area is 132 Å². The molecular formula is C15H15ClN2O2S. The molecule has 6 heteroatoms. The maximum absolute atomic E-state index is 12.3. The number of carbonyl (C=O) groups excluding carboxylic acids is 1. The molecule has 1 saturated heterocycles. The molecule has 21 heavy (non-hydrogen) atoms. The van der Waals surface area contributed by atoms with E-state index in [4.69, 9.17) is 16.3 Å². The number of rotatable bonds is 3. The van der Waals surface area contributed by atoms with Crippen molar-refractivity contribution >= 4 is 28.9 Å². The lowest BCUT2D eigenvalue weighted by Crippen LogP contribution is -2.43. The highest BCUT2D eigenvalue weighted by molar-refractivity contribution is 7.14. The summed E-state index contributed by atoms with van der Waals surface area (Å²) in [5.41, 5.74) is 0.722. The van der Waals surface area contributed by atoms with Gasteiger partial charge < -0.3 is 10.1 Å². The van der Waals surface area contributed by atoms with Crippen molar-refractivity contribution in [3.05, 3.63) is 51.4 Å². The summed E-state index contributed by atoms with van der Waals surface area (Å²) in [4.78, 5) is 16.3. The first-order valence-corrected chi connectivity index (χ1v) is 8.06. The maximum Gasteiger partial charge on any atom is 0.358 e. The second-order valence-corrected chi connectivity index (χ2v) is 6.43. The van der Waals surface area contributed by atoms with E-state index in [-0.39, 0.29) is 5.69 Å². The average Bonchev–Trinajstić information content (AvgIpc) is 2.96. The summed E-state index contributed by atoms with van der Waals surface area (Å²) in [6, 6.07) is 9.90. The molecule has 1 aromatic carbocycles. The smallest absolute Gasteiger partial charge is 0.358 e. The van der Waals surface area contributed by atoms with Crippen LogP contribution in [-0.4, -0.2) is 24.0 Å². The third-order valence-corrected chi connectivity index (χ3v) is 4.66. The van der Waals surface area contributed by atoms with E-state index in [1.165, 1.54) is 11.3 Å². The van der Waals surface area contributed by atoms with Crippen LogP contribution in [0.25, 0.3) is 0 Å². The van der Waals surface area contributed by atoms with E-state index < -0.39 is 11.6 Å². The predicted molar refractivity (Wildman–Crippen MR) is 82.8 cm³/mol. The van der Waals surface area contributed by atoms with Crippen molar-refractivity contribution in [2.24, 2.45) is 0 Å². The molecule has 1 aliphatic rings. The molecule has 1 fully saturated rings. The van der Waals surface area contributed by atoms with Gasteiger partial charge >= 0.3 is 5.97 Å². The van der Waals surface area contributed by atoms with Crippen LogP contribution >= 0.6 is 22.9 Å². The van der Waals surface area contributed by atoms with Crippen LogP contribution in [0.1, 0.15) is 28.9 Å². The summed E-state index contributed by atoms with van der Waals surface area (Å²) in [7, 11) is 0. The molecule has 0 radical (unpaired) electrons. The Morgan fingerprint density at radius 2 is 2.00 bits per heavy atom. The lowest BCUT2D eigenvalue weighted by Gasteiger charge is -2.37. The molecule has 0 atom stereocenters. The Morgan fingerprint density at radius 1 is 1.29 bits per heavy atom. The first-order valence-electron chi connectivity index (χ1n) is 6.80. The van der Waals surface area contributed by atoms with Crippen molar-refractivity contribution < 1.29 is 9.53 Å². The minimum Gasteiger partial charge on any atom is -0.449 e. The number of carbonyl (C=O) groups is 1. The molecule has 0 unspecified atom stereocenters. The Kier molecular flexibility index (Phi) is 4.24. The van der Waals surface area contributed by atoms with Crippen molar-refractivity contribution in [1.29, 1.82) is 0 Å². The van der Waals surface area contributed by atoms with Crippen LogP contribution < -0.4 is 5.32 Å². The molecule has 1 N–H and O–H groups in total. The zero-order valence-corrected chi connectivity index (χ0v) is 12.9. The zero-order chi connectivity index (χ0) is 14.7. The van der Waals surface area contributed by atoms with Gasteiger partial charge in [0, 0.05) is 18.2 Å². The summed E-state index contributed by atoms with van der Waals surface area (Å²) < 4.78 is 6.22. The number of esters is 1. The standard InChI is InChI=1S/C15H15ClN2O2S/c16-14-18-12(10-21-14)13(19)20-15(6-8-17-9-7-15)11-4-2-1-3-5-11/h1-5,10,17H,6-9H2. The maximum atomic E-state index is 12.3. The normalized spacial score (nSPS) is 17.4. The van der Waals surface area contributed by atoms with Gasteiger partial charge in [0.15, 0.2) is 10.2 Å². The second kappa shape index (κ2) is 6.13. The number of hydrogen-bond donors (Lipinski definition) is 1. The van der Waals surface area contributed by atoms with E-state index in [2.05, 4.69) is 10.3 Å². The number of hydrogen-bond acceptors (Lipinski definition) is 5. The summed E-state index contributed by atoms with van der Waals surface area (Å²) in [6.45, 7) is 1.64. The summed E-state index contributed by atoms with van der Waals surface area (Å²) in [5, 5.41) is 4.93. The predicted octanol–water partition coefficient (Wildman–Crippen LogP) is 3.23. The van der Waals surface area contributed by atoms with Gasteiger partial charge in [-0.05, 0) is 18.7 Å². The van der Waals surface area contributed by atoms with Crippen LogP contribution in [0.2, 0.25) is 4.47 Å². The number of aromatic nitrogens is 1. The summed E-state index contributed by atoms with van der Waals surface area (Å²) in [5.74, 6) is -0.413. The third-order valence-electron chi connectivity index (χ3n) is 3.68. The van der Waals surface area contributed by atoms with Gasteiger partial charge in [0.25, 0.3) is 0 Å². The van der Waals surface area contributed by atoms with Gasteiger partial charge in [-0.15, -0.1) is 11.3 Å². The van der Waals surface area contributed by atoms with Gasteiger partial charge in [0.1, 0.15) is 5.60 Å². The molecule has 3 rings (SSSR count). The lowest BCUT2D eigenvalue weighted by molar-refractivity contribution is -0.0383. The van der Waals surface area contributed by atoms with Gasteiger partial charge in [-0.3, -0.25) is 0 Å². The van der Waals surface area contributed by atoms with E-state index in [0.717, 1.165) is 31.5 Å². The average molecular weight is 323 g/mol. The molecule has 4 nitrogen and oxygen atoms in total. The highest BCUT2D eigenvalue weighted by Gasteiger charge is 2.38. The van der Waals surface area contributed by atoms with Crippen molar-refractivity contribution in [2.75, 3.05) is 13.1 Å². The Morgan fingerprint density at radius 3 is 2.62 bits per heavy atom. The highest BCUT2D eigenvalue weighted by atomic mass is 35.5. The largest absolute Gasteiger partial charge is 0.449 e. The van der Waals surface area contributed by atoms with Crippen LogP contribution in [0.15, 0.2) is 35.7 Å². The van der Waals surface area contributed by atoms with E-state index >= 15 is 0 Å². The van der Waals surface area contributed by atoms with Crippen LogP contribution in [-0.2, 0) is 10.3 Å².